The van der Waals surface area contributed by atoms with Crippen molar-refractivity contribution in [1.82, 2.24) is 9.88 Å². The monoisotopic (exact) mass is 207 g/mol. The standard InChI is InChI=1S/C11H17N3O/c1-2-6-14(7-8-15)9-11-10(12)4-3-5-13-11/h2-5,15H,1,6-9,12H2. The van der Waals surface area contributed by atoms with E-state index in [0.717, 1.165) is 12.2 Å². The number of rotatable bonds is 6. The zero-order valence-electron chi connectivity index (χ0n) is 8.76. The molecule has 4 heteroatoms. The van der Waals surface area contributed by atoms with Crippen molar-refractivity contribution < 1.29 is 5.11 Å². The van der Waals surface area contributed by atoms with Gasteiger partial charge in [-0.25, -0.2) is 0 Å². The Morgan fingerprint density at radius 1 is 1.60 bits per heavy atom. The Labute approximate surface area is 90.0 Å². The molecule has 0 radical (unpaired) electrons. The third kappa shape index (κ3) is 3.69. The molecular weight excluding hydrogens is 190 g/mol. The predicted octanol–water partition coefficient (Wildman–Crippen LogP) is 0.644. The van der Waals surface area contributed by atoms with Gasteiger partial charge in [0.05, 0.1) is 18.0 Å². The van der Waals surface area contributed by atoms with Gasteiger partial charge in [0, 0.05) is 25.8 Å². The van der Waals surface area contributed by atoms with Crippen LogP contribution in [0.25, 0.3) is 0 Å². The van der Waals surface area contributed by atoms with Crippen LogP contribution in [0.4, 0.5) is 5.69 Å². The summed E-state index contributed by atoms with van der Waals surface area (Å²) in [4.78, 5) is 6.23. The maximum absolute atomic E-state index is 8.88. The van der Waals surface area contributed by atoms with Crippen molar-refractivity contribution in [2.24, 2.45) is 0 Å². The van der Waals surface area contributed by atoms with Crippen molar-refractivity contribution in [3.05, 3.63) is 36.7 Å². The van der Waals surface area contributed by atoms with Gasteiger partial charge in [0.2, 0.25) is 0 Å². The van der Waals surface area contributed by atoms with Crippen LogP contribution in [0.15, 0.2) is 31.0 Å². The van der Waals surface area contributed by atoms with Crippen LogP contribution in [0.1, 0.15) is 5.69 Å². The molecule has 0 atom stereocenters. The molecule has 15 heavy (non-hydrogen) atoms. The third-order valence-electron chi connectivity index (χ3n) is 2.10. The number of aromatic nitrogens is 1. The highest BCUT2D eigenvalue weighted by atomic mass is 16.3. The molecule has 1 rings (SSSR count). The number of nitrogens with two attached hydrogens (primary N) is 1. The molecule has 0 bridgehead atoms. The highest BCUT2D eigenvalue weighted by Crippen LogP contribution is 2.09. The smallest absolute Gasteiger partial charge is 0.0772 e. The molecule has 0 saturated heterocycles. The van der Waals surface area contributed by atoms with E-state index in [4.69, 9.17) is 10.8 Å². The second-order valence-corrected chi connectivity index (χ2v) is 3.29. The summed E-state index contributed by atoms with van der Waals surface area (Å²) in [7, 11) is 0. The molecule has 0 aromatic carbocycles. The van der Waals surface area contributed by atoms with E-state index in [1.807, 2.05) is 17.0 Å². The number of hydrogen-bond donors (Lipinski definition) is 2. The zero-order chi connectivity index (χ0) is 11.1. The number of pyridine rings is 1. The lowest BCUT2D eigenvalue weighted by molar-refractivity contribution is 0.202. The Kier molecular flexibility index (Phi) is 4.80. The van der Waals surface area contributed by atoms with E-state index < -0.39 is 0 Å². The number of nitrogens with zero attached hydrogens (tertiary/aromatic N) is 2. The topological polar surface area (TPSA) is 62.4 Å². The Hall–Kier alpha value is -1.39. The van der Waals surface area contributed by atoms with Crippen LogP contribution in [-0.2, 0) is 6.54 Å². The first kappa shape index (κ1) is 11.7. The molecule has 0 unspecified atom stereocenters. The summed E-state index contributed by atoms with van der Waals surface area (Å²) in [5.74, 6) is 0. The first-order valence-corrected chi connectivity index (χ1v) is 4.91. The number of anilines is 1. The van der Waals surface area contributed by atoms with Gasteiger partial charge in [0.15, 0.2) is 0 Å². The van der Waals surface area contributed by atoms with Crippen molar-refractivity contribution >= 4 is 5.69 Å². The average molecular weight is 207 g/mol. The summed E-state index contributed by atoms with van der Waals surface area (Å²) < 4.78 is 0. The summed E-state index contributed by atoms with van der Waals surface area (Å²) in [6.07, 6.45) is 3.52. The molecule has 0 aliphatic rings. The van der Waals surface area contributed by atoms with Crippen LogP contribution in [0.2, 0.25) is 0 Å². The molecule has 0 saturated carbocycles. The lowest BCUT2D eigenvalue weighted by Crippen LogP contribution is -2.27. The van der Waals surface area contributed by atoms with Crippen LogP contribution >= 0.6 is 0 Å². The minimum Gasteiger partial charge on any atom is -0.397 e. The van der Waals surface area contributed by atoms with Crippen molar-refractivity contribution in [1.29, 1.82) is 0 Å². The lowest BCUT2D eigenvalue weighted by atomic mass is 10.3. The maximum Gasteiger partial charge on any atom is 0.0772 e. The summed E-state index contributed by atoms with van der Waals surface area (Å²) in [5, 5.41) is 8.88. The minimum absolute atomic E-state index is 0.126. The minimum atomic E-state index is 0.126. The Balaban J connectivity index is 2.64. The summed E-state index contributed by atoms with van der Waals surface area (Å²) in [5.41, 5.74) is 7.31. The Bertz CT molecular complexity index is 314. The zero-order valence-corrected chi connectivity index (χ0v) is 8.76. The number of nitrogen functional groups attached to an aromatic ring is 1. The van der Waals surface area contributed by atoms with Gasteiger partial charge in [-0.3, -0.25) is 9.88 Å². The van der Waals surface area contributed by atoms with Gasteiger partial charge in [0.1, 0.15) is 0 Å². The molecule has 4 nitrogen and oxygen atoms in total. The average Bonchev–Trinajstić information content (AvgIpc) is 2.22. The Morgan fingerprint density at radius 2 is 2.40 bits per heavy atom. The van der Waals surface area contributed by atoms with Crippen molar-refractivity contribution in [2.75, 3.05) is 25.4 Å². The van der Waals surface area contributed by atoms with Crippen LogP contribution in [0, 0.1) is 0 Å². The van der Waals surface area contributed by atoms with Crippen LogP contribution in [-0.4, -0.2) is 34.7 Å². The van der Waals surface area contributed by atoms with E-state index in [1.165, 1.54) is 0 Å². The first-order chi connectivity index (χ1) is 7.27. The van der Waals surface area contributed by atoms with E-state index >= 15 is 0 Å². The molecule has 0 aliphatic carbocycles. The molecule has 0 fully saturated rings. The normalized spacial score (nSPS) is 10.5. The van der Waals surface area contributed by atoms with Gasteiger partial charge in [-0.2, -0.15) is 0 Å². The lowest BCUT2D eigenvalue weighted by Gasteiger charge is -2.19. The van der Waals surface area contributed by atoms with Crippen molar-refractivity contribution in [3.63, 3.8) is 0 Å². The summed E-state index contributed by atoms with van der Waals surface area (Å²) in [6.45, 7) is 5.75. The molecule has 1 aromatic rings. The predicted molar refractivity (Wildman–Crippen MR) is 61.2 cm³/mol. The quantitative estimate of drug-likeness (QED) is 0.672. The molecule has 0 aliphatic heterocycles. The van der Waals surface area contributed by atoms with Gasteiger partial charge in [-0.05, 0) is 12.1 Å². The third-order valence-corrected chi connectivity index (χ3v) is 2.10. The van der Waals surface area contributed by atoms with E-state index in [2.05, 4.69) is 11.6 Å². The van der Waals surface area contributed by atoms with E-state index in [-0.39, 0.29) is 6.61 Å². The van der Waals surface area contributed by atoms with Crippen molar-refractivity contribution in [3.8, 4) is 0 Å². The Morgan fingerprint density at radius 3 is 3.00 bits per heavy atom. The van der Waals surface area contributed by atoms with E-state index in [1.54, 1.807) is 12.3 Å². The summed E-state index contributed by atoms with van der Waals surface area (Å²) >= 11 is 0. The van der Waals surface area contributed by atoms with Crippen molar-refractivity contribution in [2.45, 2.75) is 6.54 Å². The maximum atomic E-state index is 8.88. The SMILES string of the molecule is C=CCN(CCO)Cc1ncccc1N. The highest BCUT2D eigenvalue weighted by molar-refractivity contribution is 5.41. The molecule has 82 valence electrons. The highest BCUT2D eigenvalue weighted by Gasteiger charge is 2.06. The van der Waals surface area contributed by atoms with Crippen LogP contribution in [0.5, 0.6) is 0 Å². The molecule has 1 aromatic heterocycles. The molecule has 1 heterocycles. The fraction of sp³-hybridized carbons (Fsp3) is 0.364. The van der Waals surface area contributed by atoms with Gasteiger partial charge in [-0.1, -0.05) is 6.08 Å². The van der Waals surface area contributed by atoms with Gasteiger partial charge in [0.25, 0.3) is 0 Å². The molecular formula is C11H17N3O. The van der Waals surface area contributed by atoms with Crippen LogP contribution < -0.4 is 5.73 Å². The van der Waals surface area contributed by atoms with Gasteiger partial charge < -0.3 is 10.8 Å². The number of hydrogen-bond acceptors (Lipinski definition) is 4. The molecule has 0 amide bonds. The fourth-order valence-corrected chi connectivity index (χ4v) is 1.35. The van der Waals surface area contributed by atoms with Crippen LogP contribution in [0.3, 0.4) is 0 Å². The number of aliphatic hydroxyl groups excluding tert-OH is 1. The second kappa shape index (κ2) is 6.16. The fourth-order valence-electron chi connectivity index (χ4n) is 1.35. The molecule has 3 N–H and O–H groups in total. The largest absolute Gasteiger partial charge is 0.397 e. The van der Waals surface area contributed by atoms with E-state index in [9.17, 15) is 0 Å². The van der Waals surface area contributed by atoms with Gasteiger partial charge >= 0.3 is 0 Å². The second-order valence-electron chi connectivity index (χ2n) is 3.29. The van der Waals surface area contributed by atoms with Gasteiger partial charge in [-0.15, -0.1) is 6.58 Å². The molecule has 0 spiro atoms. The number of aliphatic hydroxyl groups is 1. The van der Waals surface area contributed by atoms with E-state index in [0.29, 0.717) is 18.8 Å². The first-order valence-electron chi connectivity index (χ1n) is 4.91. The summed E-state index contributed by atoms with van der Waals surface area (Å²) in [6, 6.07) is 3.64.